The molecule has 1 heterocycles. The van der Waals surface area contributed by atoms with E-state index in [1.807, 2.05) is 19.1 Å². The molecule has 0 radical (unpaired) electrons. The van der Waals surface area contributed by atoms with E-state index in [2.05, 4.69) is 10.2 Å². The first kappa shape index (κ1) is 17.8. The summed E-state index contributed by atoms with van der Waals surface area (Å²) in [4.78, 5) is 26.0. The fourth-order valence-electron chi connectivity index (χ4n) is 2.75. The Morgan fingerprint density at radius 3 is 2.91 bits per heavy atom. The van der Waals surface area contributed by atoms with Crippen LogP contribution < -0.4 is 5.32 Å². The zero-order valence-electron chi connectivity index (χ0n) is 13.4. The second-order valence-electron chi connectivity index (χ2n) is 5.67. The zero-order valence-corrected chi connectivity index (χ0v) is 14.1. The van der Waals surface area contributed by atoms with Crippen molar-refractivity contribution in [2.75, 3.05) is 31.6 Å². The van der Waals surface area contributed by atoms with Crippen molar-refractivity contribution in [3.63, 3.8) is 0 Å². The van der Waals surface area contributed by atoms with Crippen LogP contribution in [0.25, 0.3) is 0 Å². The summed E-state index contributed by atoms with van der Waals surface area (Å²) in [6, 6.07) is 7.17. The average Bonchev–Trinajstić information content (AvgIpc) is 2.56. The summed E-state index contributed by atoms with van der Waals surface area (Å²) in [5.41, 5.74) is 0.627. The molecule has 0 spiro atoms. The number of carbonyl (C=O) groups is 2. The molecule has 0 bridgehead atoms. The van der Waals surface area contributed by atoms with E-state index in [1.165, 1.54) is 0 Å². The lowest BCUT2D eigenvalue weighted by atomic mass is 9.98. The van der Waals surface area contributed by atoms with Crippen LogP contribution in [-0.2, 0) is 14.3 Å². The molecule has 23 heavy (non-hydrogen) atoms. The number of esters is 1. The molecule has 1 aromatic carbocycles. The normalized spacial score (nSPS) is 18.4. The molecule has 1 aliphatic heterocycles. The van der Waals surface area contributed by atoms with Crippen LogP contribution in [-0.4, -0.2) is 43.0 Å². The number of piperidine rings is 1. The van der Waals surface area contributed by atoms with E-state index >= 15 is 0 Å². The Hall–Kier alpha value is -1.59. The maximum absolute atomic E-state index is 12.0. The van der Waals surface area contributed by atoms with Crippen molar-refractivity contribution in [1.29, 1.82) is 0 Å². The molecule has 0 aromatic heterocycles. The molecule has 5 nitrogen and oxygen atoms in total. The fourth-order valence-corrected chi connectivity index (χ4v) is 2.93. The highest BCUT2D eigenvalue weighted by Crippen LogP contribution is 2.21. The summed E-state index contributed by atoms with van der Waals surface area (Å²) in [5.74, 6) is -0.274. The maximum Gasteiger partial charge on any atom is 0.310 e. The molecule has 0 aliphatic carbocycles. The molecular weight excluding hydrogens is 316 g/mol. The lowest BCUT2D eigenvalue weighted by Gasteiger charge is -2.31. The monoisotopic (exact) mass is 338 g/mol. The van der Waals surface area contributed by atoms with Gasteiger partial charge in [0.25, 0.3) is 0 Å². The van der Waals surface area contributed by atoms with Gasteiger partial charge in [0.2, 0.25) is 5.91 Å². The van der Waals surface area contributed by atoms with Gasteiger partial charge in [-0.25, -0.2) is 0 Å². The number of carbonyl (C=O) groups excluding carboxylic acids is 2. The molecule has 1 saturated heterocycles. The van der Waals surface area contributed by atoms with Gasteiger partial charge in [-0.2, -0.15) is 0 Å². The first-order chi connectivity index (χ1) is 11.1. The minimum Gasteiger partial charge on any atom is -0.466 e. The molecule has 1 unspecified atom stereocenters. The van der Waals surface area contributed by atoms with E-state index in [4.69, 9.17) is 16.3 Å². The van der Waals surface area contributed by atoms with Gasteiger partial charge in [-0.15, -0.1) is 0 Å². The van der Waals surface area contributed by atoms with Crippen LogP contribution in [0.2, 0.25) is 5.02 Å². The van der Waals surface area contributed by atoms with Gasteiger partial charge in [0.15, 0.2) is 0 Å². The largest absolute Gasteiger partial charge is 0.466 e. The minimum atomic E-state index is -0.127. The molecule has 6 heteroatoms. The number of benzene rings is 1. The average molecular weight is 339 g/mol. The highest BCUT2D eigenvalue weighted by molar-refractivity contribution is 6.33. The van der Waals surface area contributed by atoms with Gasteiger partial charge >= 0.3 is 5.97 Å². The molecule has 1 fully saturated rings. The third kappa shape index (κ3) is 5.52. The summed E-state index contributed by atoms with van der Waals surface area (Å²) < 4.78 is 5.09. The smallest absolute Gasteiger partial charge is 0.310 e. The predicted molar refractivity (Wildman–Crippen MR) is 90.5 cm³/mol. The van der Waals surface area contributed by atoms with Crippen molar-refractivity contribution in [3.05, 3.63) is 29.3 Å². The van der Waals surface area contributed by atoms with Gasteiger partial charge in [0, 0.05) is 19.5 Å². The number of hydrogen-bond donors (Lipinski definition) is 1. The molecule has 1 atom stereocenters. The quantitative estimate of drug-likeness (QED) is 0.810. The van der Waals surface area contributed by atoms with E-state index < -0.39 is 0 Å². The van der Waals surface area contributed by atoms with Crippen LogP contribution in [0.5, 0.6) is 0 Å². The number of hydrogen-bond acceptors (Lipinski definition) is 4. The lowest BCUT2D eigenvalue weighted by molar-refractivity contribution is -0.149. The Kier molecular flexibility index (Phi) is 6.86. The van der Waals surface area contributed by atoms with Crippen molar-refractivity contribution < 1.29 is 14.3 Å². The molecule has 1 amide bonds. The van der Waals surface area contributed by atoms with E-state index in [-0.39, 0.29) is 17.8 Å². The third-order valence-electron chi connectivity index (χ3n) is 3.93. The number of para-hydroxylation sites is 1. The van der Waals surface area contributed by atoms with Crippen LogP contribution >= 0.6 is 11.6 Å². The minimum absolute atomic E-state index is 0.0728. The second-order valence-corrected chi connectivity index (χ2v) is 6.08. The Balaban J connectivity index is 1.77. The summed E-state index contributed by atoms with van der Waals surface area (Å²) >= 11 is 6.02. The van der Waals surface area contributed by atoms with Crippen molar-refractivity contribution in [2.24, 2.45) is 5.92 Å². The fraction of sp³-hybridized carbons (Fsp3) is 0.529. The van der Waals surface area contributed by atoms with E-state index in [9.17, 15) is 9.59 Å². The molecule has 1 aromatic rings. The number of rotatable bonds is 6. The van der Waals surface area contributed by atoms with Crippen molar-refractivity contribution in [1.82, 2.24) is 4.90 Å². The number of amides is 1. The highest BCUT2D eigenvalue weighted by atomic mass is 35.5. The maximum atomic E-state index is 12.0. The van der Waals surface area contributed by atoms with Crippen LogP contribution in [0.4, 0.5) is 5.69 Å². The molecule has 1 N–H and O–H groups in total. The van der Waals surface area contributed by atoms with Gasteiger partial charge in [0.1, 0.15) is 0 Å². The van der Waals surface area contributed by atoms with E-state index in [1.54, 1.807) is 12.1 Å². The van der Waals surface area contributed by atoms with Crippen LogP contribution in [0.15, 0.2) is 24.3 Å². The first-order valence-corrected chi connectivity index (χ1v) is 8.41. The number of halogens is 1. The van der Waals surface area contributed by atoms with Crippen LogP contribution in [0.1, 0.15) is 26.2 Å². The van der Waals surface area contributed by atoms with Gasteiger partial charge in [0.05, 0.1) is 23.2 Å². The number of nitrogens with one attached hydrogen (secondary N) is 1. The van der Waals surface area contributed by atoms with E-state index in [0.29, 0.717) is 36.8 Å². The molecule has 126 valence electrons. The number of likely N-dealkylation sites (tertiary alicyclic amines) is 1. The van der Waals surface area contributed by atoms with Crippen molar-refractivity contribution >= 4 is 29.2 Å². The SMILES string of the molecule is CCOC(=O)C1CCCN(CCC(=O)Nc2ccccc2Cl)C1. The molecule has 2 rings (SSSR count). The van der Waals surface area contributed by atoms with Gasteiger partial charge in [-0.1, -0.05) is 23.7 Å². The van der Waals surface area contributed by atoms with Crippen LogP contribution in [0.3, 0.4) is 0 Å². The Labute approximate surface area is 141 Å². The third-order valence-corrected chi connectivity index (χ3v) is 4.26. The standard InChI is InChI=1S/C17H23ClN2O3/c1-2-23-17(22)13-6-5-10-20(12-13)11-9-16(21)19-15-8-4-3-7-14(15)18/h3-4,7-8,13H,2,5-6,9-12H2,1H3,(H,19,21). The molecule has 0 saturated carbocycles. The van der Waals surface area contributed by atoms with Gasteiger partial charge < -0.3 is 15.0 Å². The van der Waals surface area contributed by atoms with Crippen LogP contribution in [0, 0.1) is 5.92 Å². The summed E-state index contributed by atoms with van der Waals surface area (Å²) in [6.45, 7) is 4.44. The lowest BCUT2D eigenvalue weighted by Crippen LogP contribution is -2.40. The number of ether oxygens (including phenoxy) is 1. The Bertz CT molecular complexity index is 550. The number of anilines is 1. The van der Waals surface area contributed by atoms with Gasteiger partial charge in [-0.3, -0.25) is 9.59 Å². The van der Waals surface area contributed by atoms with Crippen molar-refractivity contribution in [3.8, 4) is 0 Å². The zero-order chi connectivity index (χ0) is 16.7. The second kappa shape index (κ2) is 8.89. The topological polar surface area (TPSA) is 58.6 Å². The highest BCUT2D eigenvalue weighted by Gasteiger charge is 2.26. The summed E-state index contributed by atoms with van der Waals surface area (Å²) in [5, 5.41) is 3.34. The number of nitrogens with zero attached hydrogens (tertiary/aromatic N) is 1. The molecular formula is C17H23ClN2O3. The Morgan fingerprint density at radius 1 is 1.39 bits per heavy atom. The van der Waals surface area contributed by atoms with Gasteiger partial charge in [-0.05, 0) is 38.4 Å². The van der Waals surface area contributed by atoms with Crippen molar-refractivity contribution in [2.45, 2.75) is 26.2 Å². The predicted octanol–water partition coefficient (Wildman–Crippen LogP) is 2.94. The Morgan fingerprint density at radius 2 is 2.17 bits per heavy atom. The first-order valence-electron chi connectivity index (χ1n) is 8.03. The summed E-state index contributed by atoms with van der Waals surface area (Å²) in [7, 11) is 0. The summed E-state index contributed by atoms with van der Waals surface area (Å²) in [6.07, 6.45) is 2.19. The van der Waals surface area contributed by atoms with E-state index in [0.717, 1.165) is 19.4 Å². The molecule has 1 aliphatic rings.